The molecular formula is C19H18FN3O2. The Kier molecular flexibility index (Phi) is 5.09. The van der Waals surface area contributed by atoms with Gasteiger partial charge in [-0.25, -0.2) is 9.07 Å². The summed E-state index contributed by atoms with van der Waals surface area (Å²) in [6.07, 6.45) is 0.211. The van der Waals surface area contributed by atoms with Crippen LogP contribution in [-0.2, 0) is 4.79 Å². The first kappa shape index (κ1) is 16.7. The molecular weight excluding hydrogens is 321 g/mol. The Bertz CT molecular complexity index is 845. The number of benzene rings is 2. The number of rotatable bonds is 6. The molecule has 2 aromatic carbocycles. The molecule has 5 nitrogen and oxygen atoms in total. The highest BCUT2D eigenvalue weighted by Crippen LogP contribution is 2.18. The van der Waals surface area contributed by atoms with Gasteiger partial charge in [0, 0.05) is 6.07 Å². The van der Waals surface area contributed by atoms with Crippen LogP contribution in [0.5, 0.6) is 5.75 Å². The highest BCUT2D eigenvalue weighted by atomic mass is 19.1. The Labute approximate surface area is 145 Å². The van der Waals surface area contributed by atoms with E-state index in [4.69, 9.17) is 4.74 Å². The van der Waals surface area contributed by atoms with Crippen LogP contribution >= 0.6 is 0 Å². The molecule has 0 aliphatic heterocycles. The van der Waals surface area contributed by atoms with Crippen LogP contribution in [0.25, 0.3) is 5.69 Å². The highest BCUT2D eigenvalue weighted by molar-refractivity contribution is 5.90. The van der Waals surface area contributed by atoms with Crippen LogP contribution in [0.2, 0.25) is 0 Å². The molecule has 0 spiro atoms. The molecule has 25 heavy (non-hydrogen) atoms. The van der Waals surface area contributed by atoms with E-state index in [9.17, 15) is 9.18 Å². The molecule has 1 N–H and O–H groups in total. The number of carbonyl (C=O) groups excluding carboxylic acids is 1. The van der Waals surface area contributed by atoms with E-state index in [0.29, 0.717) is 11.5 Å². The van der Waals surface area contributed by atoms with Gasteiger partial charge in [0.15, 0.2) is 0 Å². The summed E-state index contributed by atoms with van der Waals surface area (Å²) in [6, 6.07) is 17.0. The van der Waals surface area contributed by atoms with Crippen molar-refractivity contribution in [1.82, 2.24) is 9.78 Å². The van der Waals surface area contributed by atoms with Crippen LogP contribution in [0.1, 0.15) is 12.1 Å². The van der Waals surface area contributed by atoms with Gasteiger partial charge < -0.3 is 10.1 Å². The normalized spacial score (nSPS) is 10.5. The SMILES string of the molecule is Cc1cc(NC(=O)CCOc2ccccc2)n(-c2ccc(F)cc2)n1. The van der Waals surface area contributed by atoms with E-state index in [1.807, 2.05) is 37.3 Å². The van der Waals surface area contributed by atoms with Gasteiger partial charge in [-0.3, -0.25) is 4.79 Å². The number of carbonyl (C=O) groups is 1. The maximum Gasteiger partial charge on any atom is 0.228 e. The summed E-state index contributed by atoms with van der Waals surface area (Å²) in [6.45, 7) is 2.10. The molecule has 0 aliphatic rings. The lowest BCUT2D eigenvalue weighted by Crippen LogP contribution is -2.17. The smallest absolute Gasteiger partial charge is 0.228 e. The zero-order valence-corrected chi connectivity index (χ0v) is 13.8. The second kappa shape index (κ2) is 7.61. The first-order valence-corrected chi connectivity index (χ1v) is 7.92. The molecule has 0 atom stereocenters. The Morgan fingerprint density at radius 1 is 1.16 bits per heavy atom. The van der Waals surface area contributed by atoms with E-state index < -0.39 is 0 Å². The second-order valence-corrected chi connectivity index (χ2v) is 5.52. The van der Waals surface area contributed by atoms with Crippen molar-refractivity contribution in [1.29, 1.82) is 0 Å². The Hall–Kier alpha value is -3.15. The predicted molar refractivity (Wildman–Crippen MR) is 93.4 cm³/mol. The van der Waals surface area contributed by atoms with Crippen LogP contribution in [0, 0.1) is 12.7 Å². The molecule has 0 unspecified atom stereocenters. The van der Waals surface area contributed by atoms with E-state index in [-0.39, 0.29) is 24.8 Å². The van der Waals surface area contributed by atoms with Gasteiger partial charge in [-0.05, 0) is 43.3 Å². The van der Waals surface area contributed by atoms with Gasteiger partial charge in [-0.1, -0.05) is 18.2 Å². The fourth-order valence-electron chi connectivity index (χ4n) is 2.35. The first-order chi connectivity index (χ1) is 12.1. The number of para-hydroxylation sites is 1. The molecule has 0 saturated heterocycles. The van der Waals surface area contributed by atoms with Crippen molar-refractivity contribution in [3.05, 3.63) is 72.2 Å². The monoisotopic (exact) mass is 339 g/mol. The quantitative estimate of drug-likeness (QED) is 0.744. The molecule has 1 aromatic heterocycles. The average Bonchev–Trinajstić information content (AvgIpc) is 2.97. The number of hydrogen-bond acceptors (Lipinski definition) is 3. The maximum atomic E-state index is 13.1. The number of aromatic nitrogens is 2. The third-order valence-electron chi connectivity index (χ3n) is 3.51. The number of anilines is 1. The molecule has 0 aliphatic carbocycles. The number of nitrogens with one attached hydrogen (secondary N) is 1. The Balaban J connectivity index is 1.62. The van der Waals surface area contributed by atoms with Crippen LogP contribution in [0.3, 0.4) is 0 Å². The van der Waals surface area contributed by atoms with Gasteiger partial charge in [0.1, 0.15) is 17.4 Å². The summed E-state index contributed by atoms with van der Waals surface area (Å²) in [5, 5.41) is 7.16. The first-order valence-electron chi connectivity index (χ1n) is 7.92. The van der Waals surface area contributed by atoms with Gasteiger partial charge in [0.2, 0.25) is 5.91 Å². The third-order valence-corrected chi connectivity index (χ3v) is 3.51. The van der Waals surface area contributed by atoms with Crippen molar-refractivity contribution < 1.29 is 13.9 Å². The van der Waals surface area contributed by atoms with Crippen molar-refractivity contribution in [2.45, 2.75) is 13.3 Å². The van der Waals surface area contributed by atoms with Gasteiger partial charge in [0.25, 0.3) is 0 Å². The van der Waals surface area contributed by atoms with Crippen LogP contribution in [0.4, 0.5) is 10.2 Å². The largest absolute Gasteiger partial charge is 0.493 e. The fraction of sp³-hybridized carbons (Fsp3) is 0.158. The highest BCUT2D eigenvalue weighted by Gasteiger charge is 2.11. The third kappa shape index (κ3) is 4.44. The molecule has 1 heterocycles. The lowest BCUT2D eigenvalue weighted by Gasteiger charge is -2.09. The number of halogens is 1. The van der Waals surface area contributed by atoms with Crippen LogP contribution < -0.4 is 10.1 Å². The van der Waals surface area contributed by atoms with Crippen molar-refractivity contribution in [2.75, 3.05) is 11.9 Å². The number of aryl methyl sites for hydroxylation is 1. The van der Waals surface area contributed by atoms with E-state index in [1.165, 1.54) is 12.1 Å². The van der Waals surface area contributed by atoms with E-state index in [1.54, 1.807) is 22.9 Å². The molecule has 6 heteroatoms. The van der Waals surface area contributed by atoms with E-state index in [0.717, 1.165) is 11.4 Å². The lowest BCUT2D eigenvalue weighted by molar-refractivity contribution is -0.116. The Morgan fingerprint density at radius 2 is 1.88 bits per heavy atom. The summed E-state index contributed by atoms with van der Waals surface area (Å²) in [5.74, 6) is 0.756. The molecule has 3 aromatic rings. The lowest BCUT2D eigenvalue weighted by atomic mass is 10.3. The van der Waals surface area contributed by atoms with Gasteiger partial charge in [0.05, 0.1) is 24.4 Å². The number of hydrogen-bond donors (Lipinski definition) is 1. The summed E-state index contributed by atoms with van der Waals surface area (Å²) in [4.78, 5) is 12.2. The zero-order chi connectivity index (χ0) is 17.6. The number of ether oxygens (including phenoxy) is 1. The molecule has 0 bridgehead atoms. The zero-order valence-electron chi connectivity index (χ0n) is 13.8. The van der Waals surface area contributed by atoms with E-state index in [2.05, 4.69) is 10.4 Å². The molecule has 3 rings (SSSR count). The molecule has 128 valence electrons. The standard InChI is InChI=1S/C19H18FN3O2/c1-14-13-18(23(22-14)16-9-7-15(20)8-10-16)21-19(24)11-12-25-17-5-3-2-4-6-17/h2-10,13H,11-12H2,1H3,(H,21,24). The minimum atomic E-state index is -0.323. The molecule has 0 fully saturated rings. The summed E-state index contributed by atoms with van der Waals surface area (Å²) in [7, 11) is 0. The topological polar surface area (TPSA) is 56.1 Å². The van der Waals surface area contributed by atoms with E-state index >= 15 is 0 Å². The minimum Gasteiger partial charge on any atom is -0.493 e. The van der Waals surface area contributed by atoms with Gasteiger partial charge in [-0.15, -0.1) is 0 Å². The average molecular weight is 339 g/mol. The van der Waals surface area contributed by atoms with Crippen molar-refractivity contribution in [2.24, 2.45) is 0 Å². The Morgan fingerprint density at radius 3 is 2.60 bits per heavy atom. The number of amides is 1. The molecule has 0 saturated carbocycles. The molecule has 0 radical (unpaired) electrons. The minimum absolute atomic E-state index is 0.181. The summed E-state index contributed by atoms with van der Waals surface area (Å²) in [5.41, 5.74) is 1.42. The van der Waals surface area contributed by atoms with Crippen molar-refractivity contribution in [3.63, 3.8) is 0 Å². The summed E-state index contributed by atoms with van der Waals surface area (Å²) < 4.78 is 20.2. The van der Waals surface area contributed by atoms with Crippen LogP contribution in [-0.4, -0.2) is 22.3 Å². The predicted octanol–water partition coefficient (Wildman–Crippen LogP) is 3.73. The molecule has 1 amide bonds. The number of nitrogens with zero attached hydrogens (tertiary/aromatic N) is 2. The maximum absolute atomic E-state index is 13.1. The second-order valence-electron chi connectivity index (χ2n) is 5.52. The van der Waals surface area contributed by atoms with Gasteiger partial charge >= 0.3 is 0 Å². The van der Waals surface area contributed by atoms with Crippen molar-refractivity contribution >= 4 is 11.7 Å². The fourth-order valence-corrected chi connectivity index (χ4v) is 2.35. The summed E-state index contributed by atoms with van der Waals surface area (Å²) >= 11 is 0. The van der Waals surface area contributed by atoms with Gasteiger partial charge in [-0.2, -0.15) is 5.10 Å². The van der Waals surface area contributed by atoms with Crippen LogP contribution in [0.15, 0.2) is 60.7 Å². The van der Waals surface area contributed by atoms with Crippen molar-refractivity contribution in [3.8, 4) is 11.4 Å².